The van der Waals surface area contributed by atoms with Gasteiger partial charge in [0.2, 0.25) is 17.8 Å². The Morgan fingerprint density at radius 1 is 1.08 bits per heavy atom. The number of H-pyrrole nitrogens is 1. The number of aromatic amines is 1. The van der Waals surface area contributed by atoms with Crippen molar-refractivity contribution in [3.8, 4) is 11.3 Å². The summed E-state index contributed by atoms with van der Waals surface area (Å²) in [5.41, 5.74) is 2.69. The first-order chi connectivity index (χ1) is 17.5. The predicted molar refractivity (Wildman–Crippen MR) is 142 cm³/mol. The Hall–Kier alpha value is -3.39. The third-order valence-electron chi connectivity index (χ3n) is 7.35. The topological polar surface area (TPSA) is 103 Å². The fourth-order valence-electron chi connectivity index (χ4n) is 5.27. The molecule has 0 unspecified atom stereocenters. The van der Waals surface area contributed by atoms with Crippen LogP contribution in [-0.2, 0) is 9.59 Å². The van der Waals surface area contributed by atoms with Crippen LogP contribution in [0.25, 0.3) is 22.2 Å². The number of fused-ring (bicyclic) bond motifs is 1. The minimum Gasteiger partial charge on any atom is -0.360 e. The SMILES string of the molecule is C=CC(=O)N1CCC(C(=O)N[C@H]2CC[C@@H](Nc3ncc(Cl)c(-c4c[nH]c5ccccc45)n3)CC2)CC1. The van der Waals surface area contributed by atoms with Gasteiger partial charge >= 0.3 is 0 Å². The number of amides is 2. The highest BCUT2D eigenvalue weighted by atomic mass is 35.5. The average molecular weight is 507 g/mol. The molecule has 2 amide bonds. The van der Waals surface area contributed by atoms with Crippen LogP contribution in [0.15, 0.2) is 49.3 Å². The van der Waals surface area contributed by atoms with E-state index in [9.17, 15) is 9.59 Å². The lowest BCUT2D eigenvalue weighted by molar-refractivity contribution is -0.132. The largest absolute Gasteiger partial charge is 0.360 e. The van der Waals surface area contributed by atoms with E-state index in [2.05, 4.69) is 27.2 Å². The Balaban J connectivity index is 1.14. The van der Waals surface area contributed by atoms with Gasteiger partial charge < -0.3 is 20.5 Å². The maximum absolute atomic E-state index is 12.8. The Bertz CT molecular complexity index is 1260. The molecule has 3 heterocycles. The van der Waals surface area contributed by atoms with E-state index >= 15 is 0 Å². The van der Waals surface area contributed by atoms with Gasteiger partial charge in [0.1, 0.15) is 0 Å². The summed E-state index contributed by atoms with van der Waals surface area (Å²) < 4.78 is 0. The van der Waals surface area contributed by atoms with Gasteiger partial charge in [0.25, 0.3) is 0 Å². The minimum absolute atomic E-state index is 0.0277. The first kappa shape index (κ1) is 24.3. The van der Waals surface area contributed by atoms with Gasteiger partial charge in [0, 0.05) is 53.8 Å². The number of benzene rings is 1. The van der Waals surface area contributed by atoms with Gasteiger partial charge in [-0.2, -0.15) is 0 Å². The summed E-state index contributed by atoms with van der Waals surface area (Å²) in [5, 5.41) is 8.29. The molecule has 188 valence electrons. The molecule has 1 aliphatic heterocycles. The minimum atomic E-state index is -0.0575. The van der Waals surface area contributed by atoms with Crippen molar-refractivity contribution in [1.29, 1.82) is 0 Å². The van der Waals surface area contributed by atoms with Gasteiger partial charge in [-0.3, -0.25) is 9.59 Å². The van der Waals surface area contributed by atoms with Crippen molar-refractivity contribution in [1.82, 2.24) is 25.2 Å². The molecule has 2 fully saturated rings. The number of para-hydroxylation sites is 1. The van der Waals surface area contributed by atoms with Crippen molar-refractivity contribution in [2.24, 2.45) is 5.92 Å². The van der Waals surface area contributed by atoms with Gasteiger partial charge in [-0.15, -0.1) is 0 Å². The second-order valence-corrected chi connectivity index (χ2v) is 10.1. The molecule has 36 heavy (non-hydrogen) atoms. The van der Waals surface area contributed by atoms with Crippen LogP contribution in [0.5, 0.6) is 0 Å². The summed E-state index contributed by atoms with van der Waals surface area (Å²) in [6, 6.07) is 8.48. The van der Waals surface area contributed by atoms with Gasteiger partial charge in [0.05, 0.1) is 16.9 Å². The van der Waals surface area contributed by atoms with E-state index < -0.39 is 0 Å². The molecular formula is C27H31ClN6O2. The molecule has 1 saturated heterocycles. The lowest BCUT2D eigenvalue weighted by Gasteiger charge is -2.33. The zero-order valence-electron chi connectivity index (χ0n) is 20.2. The van der Waals surface area contributed by atoms with Crippen LogP contribution in [0.2, 0.25) is 5.02 Å². The van der Waals surface area contributed by atoms with Crippen LogP contribution < -0.4 is 10.6 Å². The van der Waals surface area contributed by atoms with Crippen LogP contribution in [0, 0.1) is 5.92 Å². The second-order valence-electron chi connectivity index (χ2n) is 9.64. The zero-order valence-corrected chi connectivity index (χ0v) is 20.9. The molecular weight excluding hydrogens is 476 g/mol. The van der Waals surface area contributed by atoms with Crippen molar-refractivity contribution in [2.75, 3.05) is 18.4 Å². The highest BCUT2D eigenvalue weighted by molar-refractivity contribution is 6.33. The maximum Gasteiger partial charge on any atom is 0.245 e. The number of nitrogens with one attached hydrogen (secondary N) is 3. The molecule has 3 N–H and O–H groups in total. The number of aromatic nitrogens is 3. The van der Waals surface area contributed by atoms with Gasteiger partial charge in [-0.05, 0) is 50.7 Å². The summed E-state index contributed by atoms with van der Waals surface area (Å²) in [6.07, 6.45) is 9.97. The Labute approximate surface area is 215 Å². The number of halogens is 1. The number of nitrogens with zero attached hydrogens (tertiary/aromatic N) is 3. The van der Waals surface area contributed by atoms with E-state index in [0.717, 1.165) is 42.1 Å². The monoisotopic (exact) mass is 506 g/mol. The van der Waals surface area contributed by atoms with E-state index in [-0.39, 0.29) is 29.8 Å². The lowest BCUT2D eigenvalue weighted by Crippen LogP contribution is -2.46. The van der Waals surface area contributed by atoms with Crippen LogP contribution in [-0.4, -0.2) is 56.8 Å². The predicted octanol–water partition coefficient (Wildman–Crippen LogP) is 4.54. The smallest absolute Gasteiger partial charge is 0.245 e. The number of anilines is 1. The van der Waals surface area contributed by atoms with Crippen molar-refractivity contribution in [3.63, 3.8) is 0 Å². The highest BCUT2D eigenvalue weighted by Crippen LogP contribution is 2.33. The summed E-state index contributed by atoms with van der Waals surface area (Å²) >= 11 is 6.46. The van der Waals surface area contributed by atoms with E-state index in [4.69, 9.17) is 16.6 Å². The van der Waals surface area contributed by atoms with Gasteiger partial charge in [0.15, 0.2) is 0 Å². The maximum atomic E-state index is 12.8. The molecule has 0 bridgehead atoms. The van der Waals surface area contributed by atoms with Crippen molar-refractivity contribution < 1.29 is 9.59 Å². The Morgan fingerprint density at radius 3 is 2.56 bits per heavy atom. The number of hydrogen-bond acceptors (Lipinski definition) is 5. The van der Waals surface area contributed by atoms with Gasteiger partial charge in [-0.1, -0.05) is 36.4 Å². The van der Waals surface area contributed by atoms with Crippen molar-refractivity contribution in [2.45, 2.75) is 50.6 Å². The molecule has 2 aromatic heterocycles. The number of likely N-dealkylation sites (tertiary alicyclic amines) is 1. The molecule has 0 spiro atoms. The van der Waals surface area contributed by atoms with E-state index in [1.807, 2.05) is 30.5 Å². The Kier molecular flexibility index (Phi) is 7.23. The molecule has 0 radical (unpaired) electrons. The number of carbonyl (C=O) groups is 2. The summed E-state index contributed by atoms with van der Waals surface area (Å²) in [7, 11) is 0. The molecule has 1 aromatic carbocycles. The molecule has 2 aliphatic rings. The fourth-order valence-corrected chi connectivity index (χ4v) is 5.46. The van der Waals surface area contributed by atoms with Crippen molar-refractivity contribution in [3.05, 3.63) is 54.3 Å². The summed E-state index contributed by atoms with van der Waals surface area (Å²) in [6.45, 7) is 4.76. The standard InChI is InChI=1S/C27H31ClN6O2/c1-2-24(35)34-13-11-17(12-14-34)26(36)31-18-7-9-19(10-8-18)32-27-30-16-22(28)25(33-27)21-15-29-23-6-4-3-5-20(21)23/h2-6,15-19,29H,1,7-14H2,(H,31,36)(H,30,32,33)/t18-,19+. The normalized spacial score (nSPS) is 20.8. The number of rotatable bonds is 6. The third kappa shape index (κ3) is 5.23. The van der Waals surface area contributed by atoms with Crippen LogP contribution in [0.4, 0.5) is 5.95 Å². The highest BCUT2D eigenvalue weighted by Gasteiger charge is 2.29. The number of hydrogen-bond donors (Lipinski definition) is 3. The zero-order chi connectivity index (χ0) is 25.1. The fraction of sp³-hybridized carbons (Fsp3) is 0.407. The van der Waals surface area contributed by atoms with E-state index in [1.165, 1.54) is 6.08 Å². The molecule has 1 saturated carbocycles. The van der Waals surface area contributed by atoms with Crippen LogP contribution >= 0.6 is 11.6 Å². The number of carbonyl (C=O) groups excluding carboxylic acids is 2. The molecule has 0 atom stereocenters. The molecule has 5 rings (SSSR count). The van der Waals surface area contributed by atoms with E-state index in [1.54, 1.807) is 11.1 Å². The first-order valence-corrected chi connectivity index (χ1v) is 13.0. The molecule has 8 nitrogen and oxygen atoms in total. The number of piperidine rings is 1. The van der Waals surface area contributed by atoms with E-state index in [0.29, 0.717) is 42.6 Å². The van der Waals surface area contributed by atoms with Gasteiger partial charge in [-0.25, -0.2) is 9.97 Å². The van der Waals surface area contributed by atoms with Crippen LogP contribution in [0.3, 0.4) is 0 Å². The third-order valence-corrected chi connectivity index (χ3v) is 7.62. The first-order valence-electron chi connectivity index (χ1n) is 12.6. The molecule has 9 heteroatoms. The quantitative estimate of drug-likeness (QED) is 0.426. The summed E-state index contributed by atoms with van der Waals surface area (Å²) in [5.74, 6) is 0.590. The van der Waals surface area contributed by atoms with Crippen molar-refractivity contribution >= 4 is 40.3 Å². The van der Waals surface area contributed by atoms with Crippen LogP contribution in [0.1, 0.15) is 38.5 Å². The second kappa shape index (κ2) is 10.7. The molecule has 3 aromatic rings. The lowest BCUT2D eigenvalue weighted by atomic mass is 9.89. The molecule has 1 aliphatic carbocycles. The Morgan fingerprint density at radius 2 is 1.81 bits per heavy atom. The summed E-state index contributed by atoms with van der Waals surface area (Å²) in [4.78, 5) is 38.7. The average Bonchev–Trinajstić information content (AvgIpc) is 3.34.